The zero-order valence-electron chi connectivity index (χ0n) is 8.85. The van der Waals surface area contributed by atoms with Crippen molar-refractivity contribution >= 4 is 12.0 Å². The van der Waals surface area contributed by atoms with Crippen LogP contribution in [0.15, 0.2) is 12.7 Å². The smallest absolute Gasteiger partial charge is 0.326 e. The fourth-order valence-corrected chi connectivity index (χ4v) is 1.74. The number of aliphatic carboxylic acids is 1. The van der Waals surface area contributed by atoms with Crippen molar-refractivity contribution in [1.29, 1.82) is 0 Å². The summed E-state index contributed by atoms with van der Waals surface area (Å²) in [5.74, 6) is -0.923. The van der Waals surface area contributed by atoms with Gasteiger partial charge < -0.3 is 14.9 Å². The lowest BCUT2D eigenvalue weighted by atomic mass is 10.2. The molecule has 0 aromatic carbocycles. The monoisotopic (exact) mass is 212 g/mol. The Bertz CT molecular complexity index is 278. The van der Waals surface area contributed by atoms with Crippen LogP contribution in [-0.2, 0) is 4.79 Å². The zero-order valence-corrected chi connectivity index (χ0v) is 8.85. The first-order valence-corrected chi connectivity index (χ1v) is 4.93. The van der Waals surface area contributed by atoms with Gasteiger partial charge in [-0.05, 0) is 12.8 Å². The molecule has 5 nitrogen and oxygen atoms in total. The normalized spacial score (nSPS) is 20.1. The van der Waals surface area contributed by atoms with Crippen LogP contribution in [0.4, 0.5) is 4.79 Å². The predicted molar refractivity (Wildman–Crippen MR) is 55.6 cm³/mol. The summed E-state index contributed by atoms with van der Waals surface area (Å²) < 4.78 is 0. The number of hydrogen-bond donors (Lipinski definition) is 1. The molecule has 84 valence electrons. The quantitative estimate of drug-likeness (QED) is 0.703. The molecule has 1 atom stereocenters. The molecular formula is C10H16N2O3. The van der Waals surface area contributed by atoms with E-state index in [1.807, 2.05) is 0 Å². The van der Waals surface area contributed by atoms with Crippen LogP contribution < -0.4 is 0 Å². The highest BCUT2D eigenvalue weighted by Gasteiger charge is 2.34. The van der Waals surface area contributed by atoms with Gasteiger partial charge in [0.2, 0.25) is 0 Å². The largest absolute Gasteiger partial charge is 0.480 e. The van der Waals surface area contributed by atoms with E-state index in [0.29, 0.717) is 19.5 Å². The van der Waals surface area contributed by atoms with Crippen molar-refractivity contribution in [1.82, 2.24) is 9.80 Å². The van der Waals surface area contributed by atoms with Crippen molar-refractivity contribution in [3.63, 3.8) is 0 Å². The number of rotatable bonds is 3. The third-order valence-corrected chi connectivity index (χ3v) is 2.51. The van der Waals surface area contributed by atoms with Crippen LogP contribution in [0.25, 0.3) is 0 Å². The van der Waals surface area contributed by atoms with E-state index < -0.39 is 12.0 Å². The highest BCUT2D eigenvalue weighted by Crippen LogP contribution is 2.18. The average molecular weight is 212 g/mol. The first-order valence-electron chi connectivity index (χ1n) is 4.93. The number of amides is 2. The molecule has 1 heterocycles. The third-order valence-electron chi connectivity index (χ3n) is 2.51. The maximum atomic E-state index is 11.8. The van der Waals surface area contributed by atoms with Gasteiger partial charge in [0.15, 0.2) is 0 Å². The van der Waals surface area contributed by atoms with Crippen LogP contribution in [0.5, 0.6) is 0 Å². The minimum atomic E-state index is -0.923. The molecule has 0 unspecified atom stereocenters. The van der Waals surface area contributed by atoms with Crippen molar-refractivity contribution in [3.05, 3.63) is 12.7 Å². The van der Waals surface area contributed by atoms with Crippen molar-refractivity contribution < 1.29 is 14.7 Å². The Kier molecular flexibility index (Phi) is 3.71. The van der Waals surface area contributed by atoms with E-state index in [1.165, 1.54) is 9.80 Å². The molecule has 1 rings (SSSR count). The van der Waals surface area contributed by atoms with E-state index in [2.05, 4.69) is 6.58 Å². The molecule has 0 aromatic rings. The van der Waals surface area contributed by atoms with Gasteiger partial charge in [0.1, 0.15) is 6.04 Å². The SMILES string of the molecule is C=CCN(C)C(=O)N1CCC[C@@H]1C(=O)O. The number of carbonyl (C=O) groups is 2. The molecular weight excluding hydrogens is 196 g/mol. The minimum Gasteiger partial charge on any atom is -0.480 e. The minimum absolute atomic E-state index is 0.236. The number of carboxylic acid groups (broad SMARTS) is 1. The molecule has 0 aromatic heterocycles. The molecule has 0 bridgehead atoms. The number of urea groups is 1. The molecule has 5 heteroatoms. The third kappa shape index (κ3) is 2.49. The van der Waals surface area contributed by atoms with Crippen LogP contribution in [0.3, 0.4) is 0 Å². The van der Waals surface area contributed by atoms with Gasteiger partial charge in [0.05, 0.1) is 0 Å². The highest BCUT2D eigenvalue weighted by molar-refractivity contribution is 5.83. The molecule has 0 spiro atoms. The van der Waals surface area contributed by atoms with Gasteiger partial charge in [-0.15, -0.1) is 6.58 Å². The van der Waals surface area contributed by atoms with E-state index >= 15 is 0 Å². The van der Waals surface area contributed by atoms with Crippen LogP contribution in [0.1, 0.15) is 12.8 Å². The van der Waals surface area contributed by atoms with E-state index in [-0.39, 0.29) is 6.03 Å². The molecule has 0 saturated carbocycles. The summed E-state index contributed by atoms with van der Waals surface area (Å²) in [7, 11) is 1.64. The van der Waals surface area contributed by atoms with Crippen LogP contribution >= 0.6 is 0 Å². The Balaban J connectivity index is 2.65. The van der Waals surface area contributed by atoms with Crippen molar-refractivity contribution in [2.24, 2.45) is 0 Å². The highest BCUT2D eigenvalue weighted by atomic mass is 16.4. The van der Waals surface area contributed by atoms with Crippen LogP contribution in [-0.4, -0.2) is 53.1 Å². The average Bonchev–Trinajstić information content (AvgIpc) is 2.65. The van der Waals surface area contributed by atoms with E-state index in [0.717, 1.165) is 6.42 Å². The zero-order chi connectivity index (χ0) is 11.4. The molecule has 1 saturated heterocycles. The maximum Gasteiger partial charge on any atom is 0.326 e. The Morgan fingerprint density at radius 1 is 1.67 bits per heavy atom. The summed E-state index contributed by atoms with van der Waals surface area (Å²) in [6.07, 6.45) is 2.91. The Hall–Kier alpha value is -1.52. The fourth-order valence-electron chi connectivity index (χ4n) is 1.74. The first-order chi connectivity index (χ1) is 7.07. The molecule has 1 fully saturated rings. The molecule has 0 aliphatic carbocycles. The standard InChI is InChI=1S/C10H16N2O3/c1-3-6-11(2)10(15)12-7-4-5-8(12)9(13)14/h3,8H,1,4-7H2,2H3,(H,13,14)/t8-/m1/s1. The summed E-state index contributed by atoms with van der Waals surface area (Å²) >= 11 is 0. The van der Waals surface area contributed by atoms with Gasteiger partial charge in [-0.3, -0.25) is 0 Å². The van der Waals surface area contributed by atoms with Gasteiger partial charge in [0, 0.05) is 20.1 Å². The number of carboxylic acids is 1. The Morgan fingerprint density at radius 2 is 2.33 bits per heavy atom. The van der Waals surface area contributed by atoms with Gasteiger partial charge in [-0.2, -0.15) is 0 Å². The van der Waals surface area contributed by atoms with Crippen molar-refractivity contribution in [3.8, 4) is 0 Å². The van der Waals surface area contributed by atoms with Gasteiger partial charge in [-0.1, -0.05) is 6.08 Å². The molecule has 1 aliphatic heterocycles. The molecule has 1 N–H and O–H groups in total. The van der Waals surface area contributed by atoms with E-state index in [4.69, 9.17) is 5.11 Å². The van der Waals surface area contributed by atoms with Crippen molar-refractivity contribution in [2.75, 3.05) is 20.1 Å². The van der Waals surface area contributed by atoms with Gasteiger partial charge >= 0.3 is 12.0 Å². The second-order valence-electron chi connectivity index (χ2n) is 3.64. The second kappa shape index (κ2) is 4.82. The number of hydrogen-bond acceptors (Lipinski definition) is 2. The Labute approximate surface area is 89.0 Å². The number of carbonyl (C=O) groups excluding carboxylic acids is 1. The summed E-state index contributed by atoms with van der Waals surface area (Å²) in [5, 5.41) is 8.91. The summed E-state index contributed by atoms with van der Waals surface area (Å²) in [6, 6.07) is -0.899. The maximum absolute atomic E-state index is 11.8. The van der Waals surface area contributed by atoms with Crippen LogP contribution in [0, 0.1) is 0 Å². The Morgan fingerprint density at radius 3 is 2.87 bits per heavy atom. The predicted octanol–water partition coefficient (Wildman–Crippen LogP) is 0.773. The summed E-state index contributed by atoms with van der Waals surface area (Å²) in [4.78, 5) is 25.5. The van der Waals surface area contributed by atoms with Crippen molar-refractivity contribution in [2.45, 2.75) is 18.9 Å². The lowest BCUT2D eigenvalue weighted by molar-refractivity contribution is -0.141. The first kappa shape index (κ1) is 11.6. The number of likely N-dealkylation sites (tertiary alicyclic amines) is 1. The van der Waals surface area contributed by atoms with Gasteiger partial charge in [0.25, 0.3) is 0 Å². The number of nitrogens with zero attached hydrogens (tertiary/aromatic N) is 2. The summed E-state index contributed by atoms with van der Waals surface area (Å²) in [6.45, 7) is 4.49. The van der Waals surface area contributed by atoms with E-state index in [9.17, 15) is 9.59 Å². The topological polar surface area (TPSA) is 60.9 Å². The molecule has 0 radical (unpaired) electrons. The second-order valence-corrected chi connectivity index (χ2v) is 3.64. The van der Waals surface area contributed by atoms with Crippen LogP contribution in [0.2, 0.25) is 0 Å². The van der Waals surface area contributed by atoms with Gasteiger partial charge in [-0.25, -0.2) is 9.59 Å². The summed E-state index contributed by atoms with van der Waals surface area (Å²) in [5.41, 5.74) is 0. The molecule has 2 amide bonds. The fraction of sp³-hybridized carbons (Fsp3) is 0.600. The van der Waals surface area contributed by atoms with E-state index in [1.54, 1.807) is 13.1 Å². The number of likely N-dealkylation sites (N-methyl/N-ethyl adjacent to an activating group) is 1. The molecule has 1 aliphatic rings. The lowest BCUT2D eigenvalue weighted by Gasteiger charge is -2.26. The lowest BCUT2D eigenvalue weighted by Crippen LogP contribution is -2.46. The molecule has 15 heavy (non-hydrogen) atoms.